The number of nitrogen functional groups attached to an aromatic ring is 1. The Morgan fingerprint density at radius 1 is 1.07 bits per heavy atom. The van der Waals surface area contributed by atoms with Crippen molar-refractivity contribution in [3.8, 4) is 11.8 Å². The van der Waals surface area contributed by atoms with Crippen LogP contribution in [-0.4, -0.2) is 36.9 Å². The normalized spacial score (nSPS) is 10.1. The Hall–Kier alpha value is -5.89. The number of fused-ring (bicyclic) bond motifs is 1. The van der Waals surface area contributed by atoms with Crippen molar-refractivity contribution >= 4 is 34.1 Å². The largest absolute Gasteiger partial charge is 0.381 e. The molecule has 5 aromatic rings. The second-order valence-electron chi connectivity index (χ2n) is 8.95. The third kappa shape index (κ3) is 6.63. The van der Waals surface area contributed by atoms with Crippen LogP contribution >= 0.6 is 0 Å². The number of hydrogen-bond donors (Lipinski definition) is 4. The zero-order valence-corrected chi connectivity index (χ0v) is 23.3. The first-order chi connectivity index (χ1) is 20.3. The Balaban J connectivity index is 0.000000244. The third-order valence-corrected chi connectivity index (χ3v) is 6.05. The molecule has 3 heterocycles. The van der Waals surface area contributed by atoms with Gasteiger partial charge in [0.2, 0.25) is 0 Å². The smallest absolute Gasteiger partial charge is 0.281 e. The van der Waals surface area contributed by atoms with E-state index in [1.54, 1.807) is 25.5 Å². The van der Waals surface area contributed by atoms with Gasteiger partial charge in [0.25, 0.3) is 11.5 Å². The molecule has 2 aromatic carbocycles. The van der Waals surface area contributed by atoms with Crippen LogP contribution in [-0.2, 0) is 13.5 Å². The molecule has 0 aliphatic rings. The molecule has 0 bridgehead atoms. The van der Waals surface area contributed by atoms with Gasteiger partial charge in [0.15, 0.2) is 5.82 Å². The van der Waals surface area contributed by atoms with Crippen molar-refractivity contribution < 1.29 is 4.79 Å². The van der Waals surface area contributed by atoms with Gasteiger partial charge in [-0.15, -0.1) is 6.58 Å². The topological polar surface area (TPSA) is 159 Å². The van der Waals surface area contributed by atoms with E-state index >= 15 is 0 Å². The molecular weight excluding hydrogens is 530 g/mol. The minimum absolute atomic E-state index is 0.131. The first-order valence-corrected chi connectivity index (χ1v) is 13.1. The lowest BCUT2D eigenvalue weighted by Crippen LogP contribution is -2.31. The first kappa shape index (κ1) is 29.1. The molecule has 212 valence electrons. The molecule has 0 saturated carbocycles. The van der Waals surface area contributed by atoms with E-state index in [2.05, 4.69) is 44.2 Å². The molecule has 6 N–H and O–H groups in total. The van der Waals surface area contributed by atoms with E-state index in [-0.39, 0.29) is 16.9 Å². The number of carbonyl (C=O) groups is 1. The number of rotatable bonds is 7. The summed E-state index contributed by atoms with van der Waals surface area (Å²) in [4.78, 5) is 33.1. The fraction of sp³-hybridized carbons (Fsp3) is 0.129. The van der Waals surface area contributed by atoms with Gasteiger partial charge in [-0.2, -0.15) is 5.10 Å². The summed E-state index contributed by atoms with van der Waals surface area (Å²) in [7, 11) is 1.67. The number of carbonyl (C=O) groups excluding carboxylic acids is 1. The van der Waals surface area contributed by atoms with E-state index in [4.69, 9.17) is 11.5 Å². The maximum absolute atomic E-state index is 13.3. The Morgan fingerprint density at radius 2 is 1.81 bits per heavy atom. The highest BCUT2D eigenvalue weighted by Gasteiger charge is 2.18. The van der Waals surface area contributed by atoms with E-state index in [0.717, 1.165) is 11.3 Å². The number of nitrogens with one attached hydrogen (secondary N) is 2. The van der Waals surface area contributed by atoms with Crippen LogP contribution in [0.2, 0.25) is 0 Å². The van der Waals surface area contributed by atoms with Crippen molar-refractivity contribution in [2.45, 2.75) is 13.3 Å². The third-order valence-electron chi connectivity index (χ3n) is 6.05. The van der Waals surface area contributed by atoms with E-state index in [1.165, 1.54) is 9.36 Å². The molecule has 0 unspecified atom stereocenters. The molecule has 0 aliphatic heterocycles. The van der Waals surface area contributed by atoms with Crippen molar-refractivity contribution in [2.24, 2.45) is 12.8 Å². The summed E-state index contributed by atoms with van der Waals surface area (Å²) in [6.45, 7) is 6.04. The SMILES string of the molecule is C=CCNc1c(C(N)=O)c(N)nn1C.CCc1nc2cccc(C#Cc3ccncc3)c2c(=O)n1Nc1ccccc1. The van der Waals surface area contributed by atoms with Gasteiger partial charge in [-0.25, -0.2) is 9.66 Å². The minimum Gasteiger partial charge on any atom is -0.381 e. The van der Waals surface area contributed by atoms with Gasteiger partial charge in [0.1, 0.15) is 17.2 Å². The molecular formula is C31H31N9O2. The van der Waals surface area contributed by atoms with Crippen molar-refractivity contribution in [3.63, 3.8) is 0 Å². The Labute approximate surface area is 242 Å². The van der Waals surface area contributed by atoms with Crippen LogP contribution in [0.4, 0.5) is 17.3 Å². The lowest BCUT2D eigenvalue weighted by molar-refractivity contribution is 0.100. The molecule has 5 rings (SSSR count). The number of amides is 1. The summed E-state index contributed by atoms with van der Waals surface area (Å²) in [6.07, 6.45) is 5.67. The maximum atomic E-state index is 13.3. The summed E-state index contributed by atoms with van der Waals surface area (Å²) >= 11 is 0. The van der Waals surface area contributed by atoms with Crippen molar-refractivity contribution in [1.29, 1.82) is 0 Å². The molecule has 1 amide bonds. The molecule has 11 nitrogen and oxygen atoms in total. The van der Waals surface area contributed by atoms with Gasteiger partial charge in [0, 0.05) is 43.5 Å². The van der Waals surface area contributed by atoms with Gasteiger partial charge in [-0.05, 0) is 36.4 Å². The number of benzene rings is 2. The number of hydrogen-bond acceptors (Lipinski definition) is 8. The number of nitrogens with zero attached hydrogens (tertiary/aromatic N) is 5. The number of aryl methyl sites for hydroxylation is 2. The molecule has 3 aromatic heterocycles. The van der Waals surface area contributed by atoms with Crippen molar-refractivity contribution in [3.05, 3.63) is 119 Å². The highest BCUT2D eigenvalue weighted by Crippen LogP contribution is 2.20. The summed E-state index contributed by atoms with van der Waals surface area (Å²) in [6, 6.07) is 18.8. The van der Waals surface area contributed by atoms with Gasteiger partial charge < -0.3 is 16.8 Å². The number of anilines is 3. The summed E-state index contributed by atoms with van der Waals surface area (Å²) in [5, 5.41) is 7.32. The standard InChI is InChI=1S/C23H18N4O.C8H13N5O/c1-2-21-25-20-10-6-7-18(12-11-17-13-15-24-16-14-17)22(20)23(28)27(21)26-19-8-4-3-5-9-19;1-3-4-11-8-5(7(10)14)6(9)12-13(8)2/h3-10,13-16,26H,2H2,1H3;3,11H,1,4H2,2H3,(H2,9,12)(H2,10,14). The molecule has 0 spiro atoms. The van der Waals surface area contributed by atoms with Crippen LogP contribution in [0.1, 0.15) is 34.2 Å². The second kappa shape index (κ2) is 13.5. The number of aromatic nitrogens is 5. The second-order valence-corrected chi connectivity index (χ2v) is 8.95. The van der Waals surface area contributed by atoms with Gasteiger partial charge in [-0.3, -0.25) is 24.7 Å². The van der Waals surface area contributed by atoms with E-state index in [1.807, 2.05) is 67.6 Å². The Morgan fingerprint density at radius 3 is 2.48 bits per heavy atom. The van der Waals surface area contributed by atoms with E-state index in [0.29, 0.717) is 41.1 Å². The number of para-hydroxylation sites is 1. The highest BCUT2D eigenvalue weighted by atomic mass is 16.1. The fourth-order valence-corrected chi connectivity index (χ4v) is 4.11. The van der Waals surface area contributed by atoms with E-state index in [9.17, 15) is 9.59 Å². The summed E-state index contributed by atoms with van der Waals surface area (Å²) in [5.41, 5.74) is 16.9. The average molecular weight is 562 g/mol. The first-order valence-electron chi connectivity index (χ1n) is 13.1. The van der Waals surface area contributed by atoms with Crippen LogP contribution in [0, 0.1) is 11.8 Å². The summed E-state index contributed by atoms with van der Waals surface area (Å²) in [5.74, 6) is 6.92. The lowest BCUT2D eigenvalue weighted by atomic mass is 10.1. The predicted octanol–water partition coefficient (Wildman–Crippen LogP) is 3.33. The van der Waals surface area contributed by atoms with Crippen LogP contribution in [0.3, 0.4) is 0 Å². The molecule has 42 heavy (non-hydrogen) atoms. The predicted molar refractivity (Wildman–Crippen MR) is 166 cm³/mol. The quantitative estimate of drug-likeness (QED) is 0.174. The average Bonchev–Trinajstić information content (AvgIpc) is 3.29. The van der Waals surface area contributed by atoms with Crippen LogP contribution in [0.15, 0.2) is 90.5 Å². The molecule has 0 atom stereocenters. The van der Waals surface area contributed by atoms with Crippen molar-refractivity contribution in [1.82, 2.24) is 24.4 Å². The lowest BCUT2D eigenvalue weighted by Gasteiger charge is -2.15. The number of primary amides is 1. The molecule has 0 aliphatic carbocycles. The Bertz CT molecular complexity index is 1830. The fourth-order valence-electron chi connectivity index (χ4n) is 4.11. The molecule has 0 radical (unpaired) electrons. The van der Waals surface area contributed by atoms with Crippen LogP contribution in [0.25, 0.3) is 10.9 Å². The number of pyridine rings is 1. The van der Waals surface area contributed by atoms with E-state index < -0.39 is 5.91 Å². The van der Waals surface area contributed by atoms with Gasteiger partial charge in [0.05, 0.1) is 16.6 Å². The van der Waals surface area contributed by atoms with Crippen molar-refractivity contribution in [2.75, 3.05) is 23.0 Å². The summed E-state index contributed by atoms with van der Waals surface area (Å²) < 4.78 is 2.98. The zero-order valence-electron chi connectivity index (χ0n) is 23.3. The highest BCUT2D eigenvalue weighted by molar-refractivity contribution is 6.02. The molecule has 0 saturated heterocycles. The van der Waals surface area contributed by atoms with Gasteiger partial charge in [-0.1, -0.05) is 49.1 Å². The van der Waals surface area contributed by atoms with Gasteiger partial charge >= 0.3 is 0 Å². The monoisotopic (exact) mass is 561 g/mol. The number of nitrogens with two attached hydrogens (primary N) is 2. The molecule has 0 fully saturated rings. The van der Waals surface area contributed by atoms with Crippen LogP contribution in [0.5, 0.6) is 0 Å². The molecule has 11 heteroatoms. The maximum Gasteiger partial charge on any atom is 0.281 e. The minimum atomic E-state index is -0.595. The van der Waals surface area contributed by atoms with Crippen LogP contribution < -0.4 is 27.8 Å². The Kier molecular flexibility index (Phi) is 9.32. The zero-order chi connectivity index (χ0) is 30.1.